The highest BCUT2D eigenvalue weighted by atomic mass is 19.3. The Balaban J connectivity index is 2.31. The summed E-state index contributed by atoms with van der Waals surface area (Å²) in [6.45, 7) is 6.00. The van der Waals surface area contributed by atoms with Gasteiger partial charge in [-0.15, -0.1) is 0 Å². The summed E-state index contributed by atoms with van der Waals surface area (Å²) in [6.07, 6.45) is 0.768. The Labute approximate surface area is 60.6 Å². The molecule has 0 N–H and O–H groups in total. The van der Waals surface area contributed by atoms with E-state index in [1.54, 1.807) is 0 Å². The molecule has 0 aromatic carbocycles. The van der Waals surface area contributed by atoms with Gasteiger partial charge in [-0.25, -0.2) is 8.78 Å². The lowest BCUT2D eigenvalue weighted by Gasteiger charge is -2.16. The van der Waals surface area contributed by atoms with Crippen molar-refractivity contribution in [1.29, 1.82) is 0 Å². The molecule has 1 unspecified atom stereocenters. The summed E-state index contributed by atoms with van der Waals surface area (Å²) in [6, 6.07) is 0. The fraction of sp³-hybridized carbons (Fsp3) is 1.00. The van der Waals surface area contributed by atoms with E-state index in [9.17, 15) is 8.78 Å². The minimum absolute atomic E-state index is 0.0601. The Morgan fingerprint density at radius 1 is 1.40 bits per heavy atom. The molecule has 0 aromatic rings. The van der Waals surface area contributed by atoms with Crippen molar-refractivity contribution in [2.24, 2.45) is 11.3 Å². The van der Waals surface area contributed by atoms with Gasteiger partial charge >= 0.3 is 0 Å². The van der Waals surface area contributed by atoms with Crippen LogP contribution < -0.4 is 0 Å². The topological polar surface area (TPSA) is 0 Å². The first-order valence-electron chi connectivity index (χ1n) is 3.69. The van der Waals surface area contributed by atoms with Crippen LogP contribution in [0.25, 0.3) is 0 Å². The van der Waals surface area contributed by atoms with Crippen molar-refractivity contribution in [1.82, 2.24) is 0 Å². The Morgan fingerprint density at radius 2 is 1.80 bits per heavy atom. The lowest BCUT2D eigenvalue weighted by atomic mass is 9.90. The number of halogens is 2. The van der Waals surface area contributed by atoms with Crippen LogP contribution in [0.15, 0.2) is 0 Å². The Kier molecular flexibility index (Phi) is 1.53. The van der Waals surface area contributed by atoms with Gasteiger partial charge in [-0.3, -0.25) is 0 Å². The maximum atomic E-state index is 12.3. The van der Waals surface area contributed by atoms with E-state index in [1.807, 2.05) is 20.8 Å². The van der Waals surface area contributed by atoms with Crippen LogP contribution in [0.4, 0.5) is 8.78 Å². The Hall–Kier alpha value is -0.140. The average molecular weight is 148 g/mol. The van der Waals surface area contributed by atoms with Gasteiger partial charge in [-0.05, 0) is 11.8 Å². The molecule has 0 saturated heterocycles. The second kappa shape index (κ2) is 1.93. The molecule has 0 aliphatic heterocycles. The number of alkyl halides is 2. The SMILES string of the molecule is CC(C)(C)CC1CC1(F)F. The van der Waals surface area contributed by atoms with Crippen molar-refractivity contribution in [2.45, 2.75) is 39.5 Å². The van der Waals surface area contributed by atoms with Crippen molar-refractivity contribution >= 4 is 0 Å². The Bertz CT molecular complexity index is 133. The van der Waals surface area contributed by atoms with Crippen LogP contribution in [-0.2, 0) is 0 Å². The first-order chi connectivity index (χ1) is 4.31. The number of hydrogen-bond acceptors (Lipinski definition) is 0. The molecule has 1 rings (SSSR count). The molecule has 0 spiro atoms. The highest BCUT2D eigenvalue weighted by Gasteiger charge is 2.57. The number of hydrogen-bond donors (Lipinski definition) is 0. The van der Waals surface area contributed by atoms with Gasteiger partial charge in [0, 0.05) is 12.3 Å². The van der Waals surface area contributed by atoms with Crippen molar-refractivity contribution in [3.05, 3.63) is 0 Å². The highest BCUT2D eigenvalue weighted by Crippen LogP contribution is 2.53. The van der Waals surface area contributed by atoms with E-state index in [1.165, 1.54) is 0 Å². The summed E-state index contributed by atoms with van der Waals surface area (Å²) in [5, 5.41) is 0. The minimum atomic E-state index is -2.33. The summed E-state index contributed by atoms with van der Waals surface area (Å²) in [4.78, 5) is 0. The second-order valence-corrected chi connectivity index (χ2v) is 4.43. The van der Waals surface area contributed by atoms with Crippen LogP contribution in [0.3, 0.4) is 0 Å². The highest BCUT2D eigenvalue weighted by molar-refractivity contribution is 4.96. The van der Waals surface area contributed by atoms with Crippen molar-refractivity contribution in [3.8, 4) is 0 Å². The fourth-order valence-electron chi connectivity index (χ4n) is 1.23. The third kappa shape index (κ3) is 1.93. The normalized spacial score (nSPS) is 30.3. The molecule has 60 valence electrons. The molecular weight excluding hydrogens is 134 g/mol. The average Bonchev–Trinajstić information content (AvgIpc) is 2.05. The monoisotopic (exact) mass is 148 g/mol. The standard InChI is InChI=1S/C8H14F2/c1-7(2,3)4-6-5-8(6,9)10/h6H,4-5H2,1-3H3. The molecule has 1 fully saturated rings. The molecule has 0 radical (unpaired) electrons. The van der Waals surface area contributed by atoms with Gasteiger partial charge in [-0.1, -0.05) is 20.8 Å². The van der Waals surface area contributed by atoms with Gasteiger partial charge in [-0.2, -0.15) is 0 Å². The van der Waals surface area contributed by atoms with E-state index in [2.05, 4.69) is 0 Å². The van der Waals surface area contributed by atoms with E-state index in [0.717, 1.165) is 0 Å². The van der Waals surface area contributed by atoms with Crippen LogP contribution in [0.1, 0.15) is 33.6 Å². The molecule has 0 heterocycles. The van der Waals surface area contributed by atoms with Crippen molar-refractivity contribution in [2.75, 3.05) is 0 Å². The smallest absolute Gasteiger partial charge is 0.207 e. The van der Waals surface area contributed by atoms with Gasteiger partial charge in [0.1, 0.15) is 0 Å². The van der Waals surface area contributed by atoms with Crippen molar-refractivity contribution in [3.63, 3.8) is 0 Å². The van der Waals surface area contributed by atoms with E-state index in [-0.39, 0.29) is 17.8 Å². The van der Waals surface area contributed by atoms with Gasteiger partial charge in [0.15, 0.2) is 0 Å². The summed E-state index contributed by atoms with van der Waals surface area (Å²) in [5.41, 5.74) is 0.0601. The van der Waals surface area contributed by atoms with Crippen LogP contribution in [-0.4, -0.2) is 5.92 Å². The quantitative estimate of drug-likeness (QED) is 0.536. The van der Waals surface area contributed by atoms with Gasteiger partial charge in [0.2, 0.25) is 0 Å². The molecule has 10 heavy (non-hydrogen) atoms. The van der Waals surface area contributed by atoms with E-state index >= 15 is 0 Å². The summed E-state index contributed by atoms with van der Waals surface area (Å²) in [5.74, 6) is -2.65. The largest absolute Gasteiger partial charge is 0.251 e. The second-order valence-electron chi connectivity index (χ2n) is 4.43. The predicted molar refractivity (Wildman–Crippen MR) is 37.1 cm³/mol. The van der Waals surface area contributed by atoms with E-state index < -0.39 is 5.92 Å². The molecule has 1 atom stereocenters. The molecule has 1 aliphatic carbocycles. The van der Waals surface area contributed by atoms with Gasteiger partial charge in [0.05, 0.1) is 0 Å². The molecular formula is C8H14F2. The third-order valence-electron chi connectivity index (χ3n) is 1.81. The first-order valence-corrected chi connectivity index (χ1v) is 3.69. The van der Waals surface area contributed by atoms with Crippen molar-refractivity contribution < 1.29 is 8.78 Å². The minimum Gasteiger partial charge on any atom is -0.207 e. The third-order valence-corrected chi connectivity index (χ3v) is 1.81. The lowest BCUT2D eigenvalue weighted by Crippen LogP contribution is -2.08. The zero-order chi connectivity index (χ0) is 7.99. The summed E-state index contributed by atoms with van der Waals surface area (Å²) >= 11 is 0. The van der Waals surface area contributed by atoms with Crippen LogP contribution in [0.2, 0.25) is 0 Å². The molecule has 2 heteroatoms. The van der Waals surface area contributed by atoms with E-state index in [0.29, 0.717) is 6.42 Å². The molecule has 1 aliphatic rings. The molecule has 0 bridgehead atoms. The number of rotatable bonds is 1. The van der Waals surface area contributed by atoms with Crippen LogP contribution >= 0.6 is 0 Å². The lowest BCUT2D eigenvalue weighted by molar-refractivity contribution is 0.0884. The maximum Gasteiger partial charge on any atom is 0.251 e. The summed E-state index contributed by atoms with van der Waals surface area (Å²) < 4.78 is 24.7. The van der Waals surface area contributed by atoms with Crippen LogP contribution in [0, 0.1) is 11.3 Å². The van der Waals surface area contributed by atoms with E-state index in [4.69, 9.17) is 0 Å². The molecule has 1 saturated carbocycles. The first kappa shape index (κ1) is 7.96. The predicted octanol–water partition coefficient (Wildman–Crippen LogP) is 3.08. The zero-order valence-corrected chi connectivity index (χ0v) is 6.75. The maximum absolute atomic E-state index is 12.3. The molecule has 0 aromatic heterocycles. The fourth-order valence-corrected chi connectivity index (χ4v) is 1.23. The van der Waals surface area contributed by atoms with Crippen LogP contribution in [0.5, 0.6) is 0 Å². The zero-order valence-electron chi connectivity index (χ0n) is 6.75. The van der Waals surface area contributed by atoms with Gasteiger partial charge in [0.25, 0.3) is 5.92 Å². The molecule has 0 nitrogen and oxygen atoms in total. The summed E-state index contributed by atoms with van der Waals surface area (Å²) in [7, 11) is 0. The van der Waals surface area contributed by atoms with Gasteiger partial charge < -0.3 is 0 Å². The Morgan fingerprint density at radius 3 is 1.90 bits per heavy atom. The molecule has 0 amide bonds.